The highest BCUT2D eigenvalue weighted by atomic mass is 19.4. The third-order valence-corrected chi connectivity index (χ3v) is 5.90. The molecule has 1 atom stereocenters. The Morgan fingerprint density at radius 1 is 1.12 bits per heavy atom. The monoisotopic (exact) mass is 463 g/mol. The maximum absolute atomic E-state index is 12.8. The van der Waals surface area contributed by atoms with Gasteiger partial charge in [0.05, 0.1) is 5.56 Å². The van der Waals surface area contributed by atoms with E-state index in [1.807, 2.05) is 18.2 Å². The fourth-order valence-electron chi connectivity index (χ4n) is 3.92. The van der Waals surface area contributed by atoms with Crippen LogP contribution in [-0.4, -0.2) is 40.6 Å². The number of rotatable bonds is 7. The highest BCUT2D eigenvalue weighted by Crippen LogP contribution is 2.31. The number of hydrogen-bond donors (Lipinski definition) is 1. The normalized spacial score (nSPS) is 17.0. The number of amides is 1. The van der Waals surface area contributed by atoms with Crippen LogP contribution in [0.1, 0.15) is 55.7 Å². The van der Waals surface area contributed by atoms with Crippen molar-refractivity contribution in [3.63, 3.8) is 0 Å². The molecule has 0 bridgehead atoms. The number of benzene rings is 2. The molecule has 1 N–H and O–H groups in total. The van der Waals surface area contributed by atoms with Crippen molar-refractivity contribution in [1.29, 1.82) is 0 Å². The number of aryl methyl sites for hydroxylation is 1. The van der Waals surface area contributed by atoms with Gasteiger partial charge in [-0.1, -0.05) is 24.3 Å². The molecule has 1 fully saturated rings. The lowest BCUT2D eigenvalue weighted by Gasteiger charge is -2.33. The summed E-state index contributed by atoms with van der Waals surface area (Å²) in [5, 5.41) is 9.28. The summed E-state index contributed by atoms with van der Waals surface area (Å²) in [5.74, 6) is -0.523. The Kier molecular flexibility index (Phi) is 7.34. The van der Waals surface area contributed by atoms with Crippen LogP contribution in [0.3, 0.4) is 0 Å². The molecule has 1 heterocycles. The van der Waals surface area contributed by atoms with E-state index in [1.54, 1.807) is 11.0 Å². The molecule has 1 aliphatic rings. The number of halogens is 3. The van der Waals surface area contributed by atoms with E-state index in [9.17, 15) is 27.9 Å². The van der Waals surface area contributed by atoms with Gasteiger partial charge in [-0.3, -0.25) is 4.79 Å². The first-order chi connectivity index (χ1) is 15.5. The molecule has 0 spiro atoms. The fraction of sp³-hybridized carbons (Fsp3) is 0.440. The molecule has 5 nitrogen and oxygen atoms in total. The number of aliphatic carboxylic acids is 1. The van der Waals surface area contributed by atoms with Crippen LogP contribution in [0.5, 0.6) is 5.75 Å². The number of carbonyl (C=O) groups excluding carboxylic acids is 1. The Labute approximate surface area is 191 Å². The Bertz CT molecular complexity index is 986. The Morgan fingerprint density at radius 3 is 2.45 bits per heavy atom. The van der Waals surface area contributed by atoms with Crippen LogP contribution >= 0.6 is 0 Å². The lowest BCUT2D eigenvalue weighted by Crippen LogP contribution is -2.39. The zero-order valence-corrected chi connectivity index (χ0v) is 18.7. The van der Waals surface area contributed by atoms with E-state index < -0.39 is 23.3 Å². The minimum atomic E-state index is -4.37. The first-order valence-corrected chi connectivity index (χ1v) is 10.9. The van der Waals surface area contributed by atoms with Crippen LogP contribution in [0.4, 0.5) is 13.2 Å². The minimum absolute atomic E-state index is 0.0287. The second-order valence-corrected chi connectivity index (χ2v) is 8.86. The molecule has 0 radical (unpaired) electrons. The van der Waals surface area contributed by atoms with Crippen molar-refractivity contribution in [2.45, 2.75) is 57.2 Å². The van der Waals surface area contributed by atoms with Gasteiger partial charge in [0.25, 0.3) is 0 Å². The number of carbonyl (C=O) groups is 2. The highest BCUT2D eigenvalue weighted by molar-refractivity contribution is 5.77. The van der Waals surface area contributed by atoms with E-state index in [2.05, 4.69) is 0 Å². The van der Waals surface area contributed by atoms with Crippen molar-refractivity contribution in [2.24, 2.45) is 0 Å². The molecule has 2 aromatic carbocycles. The number of likely N-dealkylation sites (tertiary alicyclic amines) is 1. The van der Waals surface area contributed by atoms with Crippen LogP contribution in [0.15, 0.2) is 48.5 Å². The number of ether oxygens (including phenoxy) is 1. The molecular formula is C25H28F3NO4. The SMILES string of the molecule is CC(C)(Oc1cccc(C2CCCN(C(=O)CCc3ccc(C(F)(F)F)cc3)C2)c1)C(=O)O. The van der Waals surface area contributed by atoms with E-state index in [4.69, 9.17) is 4.74 Å². The molecule has 0 aromatic heterocycles. The number of carboxylic acids is 1. The first-order valence-electron chi connectivity index (χ1n) is 10.9. The summed E-state index contributed by atoms with van der Waals surface area (Å²) >= 11 is 0. The van der Waals surface area contributed by atoms with Crippen molar-refractivity contribution < 1.29 is 32.6 Å². The van der Waals surface area contributed by atoms with Gasteiger partial charge < -0.3 is 14.7 Å². The van der Waals surface area contributed by atoms with Crippen LogP contribution in [0.2, 0.25) is 0 Å². The number of hydrogen-bond acceptors (Lipinski definition) is 3. The molecule has 8 heteroatoms. The van der Waals surface area contributed by atoms with Gasteiger partial charge in [-0.05, 0) is 68.5 Å². The summed E-state index contributed by atoms with van der Waals surface area (Å²) in [5.41, 5.74) is -0.384. The highest BCUT2D eigenvalue weighted by Gasteiger charge is 2.31. The van der Waals surface area contributed by atoms with Gasteiger partial charge in [-0.25, -0.2) is 4.79 Å². The average Bonchev–Trinajstić information content (AvgIpc) is 2.77. The smallest absolute Gasteiger partial charge is 0.416 e. The largest absolute Gasteiger partial charge is 0.478 e. The standard InChI is InChI=1S/C25H28F3NO4/c1-24(2,23(31)32)33-21-7-3-5-18(15-21)19-6-4-14-29(16-19)22(30)13-10-17-8-11-20(12-9-17)25(26,27)28/h3,5,7-9,11-12,15,19H,4,6,10,13-14,16H2,1-2H3,(H,31,32). The topological polar surface area (TPSA) is 66.8 Å². The van der Waals surface area contributed by atoms with Gasteiger partial charge in [-0.15, -0.1) is 0 Å². The van der Waals surface area contributed by atoms with E-state index in [-0.39, 0.29) is 18.2 Å². The molecule has 178 valence electrons. The van der Waals surface area contributed by atoms with Crippen LogP contribution < -0.4 is 4.74 Å². The number of alkyl halides is 3. The van der Waals surface area contributed by atoms with Crippen LogP contribution in [0, 0.1) is 0 Å². The lowest BCUT2D eigenvalue weighted by molar-refractivity contribution is -0.152. The summed E-state index contributed by atoms with van der Waals surface area (Å²) < 4.78 is 43.7. The van der Waals surface area contributed by atoms with E-state index >= 15 is 0 Å². The molecule has 2 aromatic rings. The van der Waals surface area contributed by atoms with E-state index in [0.717, 1.165) is 30.5 Å². The summed E-state index contributed by atoms with van der Waals surface area (Å²) in [4.78, 5) is 25.9. The van der Waals surface area contributed by atoms with Crippen molar-refractivity contribution in [3.05, 3.63) is 65.2 Å². The Balaban J connectivity index is 1.59. The molecule has 1 saturated heterocycles. The summed E-state index contributed by atoms with van der Waals surface area (Å²) in [7, 11) is 0. The molecule has 1 amide bonds. The fourth-order valence-corrected chi connectivity index (χ4v) is 3.92. The van der Waals surface area contributed by atoms with Gasteiger partial charge in [0, 0.05) is 25.4 Å². The summed E-state index contributed by atoms with van der Waals surface area (Å²) in [6.45, 7) is 4.15. The van der Waals surface area contributed by atoms with Gasteiger partial charge in [0.15, 0.2) is 5.60 Å². The van der Waals surface area contributed by atoms with Gasteiger partial charge in [0.2, 0.25) is 5.91 Å². The molecule has 1 unspecified atom stereocenters. The van der Waals surface area contributed by atoms with Crippen LogP contribution in [-0.2, 0) is 22.2 Å². The third-order valence-electron chi connectivity index (χ3n) is 5.90. The zero-order valence-electron chi connectivity index (χ0n) is 18.7. The van der Waals surface area contributed by atoms with E-state index in [1.165, 1.54) is 26.0 Å². The molecular weight excluding hydrogens is 435 g/mol. The number of carboxylic acid groups (broad SMARTS) is 1. The summed E-state index contributed by atoms with van der Waals surface area (Å²) in [6, 6.07) is 12.2. The second-order valence-electron chi connectivity index (χ2n) is 8.86. The average molecular weight is 463 g/mol. The van der Waals surface area contributed by atoms with Gasteiger partial charge >= 0.3 is 12.1 Å². The predicted molar refractivity (Wildman–Crippen MR) is 117 cm³/mol. The Morgan fingerprint density at radius 2 is 1.82 bits per heavy atom. The predicted octanol–water partition coefficient (Wildman–Crippen LogP) is 5.29. The maximum atomic E-state index is 12.8. The number of nitrogens with zero attached hydrogens (tertiary/aromatic N) is 1. The molecule has 0 saturated carbocycles. The number of piperidine rings is 1. The first kappa shape index (κ1) is 24.6. The molecule has 1 aliphatic heterocycles. The molecule has 33 heavy (non-hydrogen) atoms. The Hall–Kier alpha value is -3.03. The quantitative estimate of drug-likeness (QED) is 0.606. The minimum Gasteiger partial charge on any atom is -0.478 e. The van der Waals surface area contributed by atoms with E-state index in [0.29, 0.717) is 30.8 Å². The second kappa shape index (κ2) is 9.85. The van der Waals surface area contributed by atoms with Gasteiger partial charge in [-0.2, -0.15) is 13.2 Å². The molecule has 3 rings (SSSR count). The van der Waals surface area contributed by atoms with Crippen molar-refractivity contribution in [3.8, 4) is 5.75 Å². The van der Waals surface area contributed by atoms with Crippen molar-refractivity contribution in [1.82, 2.24) is 4.90 Å². The third kappa shape index (κ3) is 6.49. The zero-order chi connectivity index (χ0) is 24.2. The lowest BCUT2D eigenvalue weighted by atomic mass is 9.90. The molecule has 0 aliphatic carbocycles. The maximum Gasteiger partial charge on any atom is 0.416 e. The van der Waals surface area contributed by atoms with Crippen LogP contribution in [0.25, 0.3) is 0 Å². The van der Waals surface area contributed by atoms with Crippen molar-refractivity contribution in [2.75, 3.05) is 13.1 Å². The van der Waals surface area contributed by atoms with Gasteiger partial charge in [0.1, 0.15) is 5.75 Å². The van der Waals surface area contributed by atoms with Crippen molar-refractivity contribution >= 4 is 11.9 Å². The summed E-state index contributed by atoms with van der Waals surface area (Å²) in [6.07, 6.45) is -2.03.